The summed E-state index contributed by atoms with van der Waals surface area (Å²) in [7, 11) is 3.27. The number of rotatable bonds is 7. The van der Waals surface area contributed by atoms with Crippen molar-refractivity contribution < 1.29 is 14.3 Å². The molecular formula is C16H21N3O3. The average Bonchev–Trinajstić information content (AvgIpc) is 2.93. The number of methoxy groups -OCH3 is 2. The monoisotopic (exact) mass is 303 g/mol. The maximum atomic E-state index is 12.1. The summed E-state index contributed by atoms with van der Waals surface area (Å²) in [5.74, 6) is 0.608. The first kappa shape index (κ1) is 16.0. The van der Waals surface area contributed by atoms with Gasteiger partial charge in [-0.1, -0.05) is 0 Å². The lowest BCUT2D eigenvalue weighted by Crippen LogP contribution is -2.25. The number of hydrogen-bond donors (Lipinski definition) is 1. The topological polar surface area (TPSA) is 65.4 Å². The molecule has 1 heterocycles. The Labute approximate surface area is 130 Å². The van der Waals surface area contributed by atoms with Crippen LogP contribution in [0.5, 0.6) is 5.75 Å². The molecule has 0 spiro atoms. The van der Waals surface area contributed by atoms with E-state index in [-0.39, 0.29) is 5.91 Å². The fourth-order valence-corrected chi connectivity index (χ4v) is 2.08. The molecule has 22 heavy (non-hydrogen) atoms. The number of nitrogens with one attached hydrogen (secondary N) is 1. The quantitative estimate of drug-likeness (QED) is 0.794. The van der Waals surface area contributed by atoms with E-state index >= 15 is 0 Å². The highest BCUT2D eigenvalue weighted by Crippen LogP contribution is 2.16. The number of hydrogen-bond acceptors (Lipinski definition) is 4. The molecule has 0 aliphatic rings. The maximum absolute atomic E-state index is 12.1. The first-order valence-corrected chi connectivity index (χ1v) is 7.14. The lowest BCUT2D eigenvalue weighted by Gasteiger charge is -2.05. The van der Waals surface area contributed by atoms with Crippen molar-refractivity contribution in [1.29, 1.82) is 0 Å². The minimum atomic E-state index is -0.175. The van der Waals surface area contributed by atoms with Gasteiger partial charge in [0, 0.05) is 26.0 Å². The Morgan fingerprint density at radius 1 is 1.27 bits per heavy atom. The fraction of sp³-hybridized carbons (Fsp3) is 0.375. The lowest BCUT2D eigenvalue weighted by atomic mass is 10.3. The minimum absolute atomic E-state index is 0.175. The molecule has 0 aliphatic carbocycles. The van der Waals surface area contributed by atoms with Crippen LogP contribution in [-0.2, 0) is 4.74 Å². The van der Waals surface area contributed by atoms with Crippen molar-refractivity contribution in [3.05, 3.63) is 41.7 Å². The molecule has 0 saturated carbocycles. The standard InChI is InChI=1S/C16H21N3O3/c1-12-11-15(16(20)17-9-4-10-21-2)18-19(12)13-5-7-14(22-3)8-6-13/h5-8,11H,4,9-10H2,1-3H3,(H,17,20). The van der Waals surface area contributed by atoms with Crippen LogP contribution in [0.2, 0.25) is 0 Å². The third-order valence-corrected chi connectivity index (χ3v) is 3.25. The van der Waals surface area contributed by atoms with Crippen LogP contribution in [0.3, 0.4) is 0 Å². The number of carbonyl (C=O) groups excluding carboxylic acids is 1. The number of amides is 1. The summed E-state index contributed by atoms with van der Waals surface area (Å²) in [6.45, 7) is 3.11. The minimum Gasteiger partial charge on any atom is -0.497 e. The van der Waals surface area contributed by atoms with Gasteiger partial charge in [0.1, 0.15) is 5.75 Å². The zero-order valence-electron chi connectivity index (χ0n) is 13.1. The molecule has 6 nitrogen and oxygen atoms in total. The van der Waals surface area contributed by atoms with Crippen molar-refractivity contribution in [2.75, 3.05) is 27.4 Å². The highest BCUT2D eigenvalue weighted by atomic mass is 16.5. The van der Waals surface area contributed by atoms with Crippen LogP contribution < -0.4 is 10.1 Å². The second-order valence-electron chi connectivity index (χ2n) is 4.88. The van der Waals surface area contributed by atoms with Crippen LogP contribution in [0.25, 0.3) is 5.69 Å². The second kappa shape index (κ2) is 7.61. The van der Waals surface area contributed by atoms with Crippen molar-refractivity contribution in [3.8, 4) is 11.4 Å². The average molecular weight is 303 g/mol. The van der Waals surface area contributed by atoms with E-state index in [9.17, 15) is 4.79 Å². The van der Waals surface area contributed by atoms with Gasteiger partial charge in [0.2, 0.25) is 0 Å². The first-order chi connectivity index (χ1) is 10.7. The Morgan fingerprint density at radius 3 is 2.64 bits per heavy atom. The molecule has 0 bridgehead atoms. The molecule has 1 aromatic heterocycles. The summed E-state index contributed by atoms with van der Waals surface area (Å²) in [4.78, 5) is 12.1. The van der Waals surface area contributed by atoms with Gasteiger partial charge in [0.05, 0.1) is 12.8 Å². The molecule has 0 radical (unpaired) electrons. The van der Waals surface area contributed by atoms with Crippen LogP contribution >= 0.6 is 0 Å². The van der Waals surface area contributed by atoms with Crippen LogP contribution in [0.1, 0.15) is 22.6 Å². The largest absolute Gasteiger partial charge is 0.497 e. The molecule has 118 valence electrons. The SMILES string of the molecule is COCCCNC(=O)c1cc(C)n(-c2ccc(OC)cc2)n1. The van der Waals surface area contributed by atoms with Crippen LogP contribution in [0.15, 0.2) is 30.3 Å². The van der Waals surface area contributed by atoms with Gasteiger partial charge in [0.15, 0.2) is 5.69 Å². The molecule has 0 aliphatic heterocycles. The Kier molecular flexibility index (Phi) is 5.55. The van der Waals surface area contributed by atoms with Gasteiger partial charge in [-0.25, -0.2) is 4.68 Å². The van der Waals surface area contributed by atoms with Crippen molar-refractivity contribution in [1.82, 2.24) is 15.1 Å². The number of nitrogens with zero attached hydrogens (tertiary/aromatic N) is 2. The van der Waals surface area contributed by atoms with Crippen molar-refractivity contribution in [2.45, 2.75) is 13.3 Å². The summed E-state index contributed by atoms with van der Waals surface area (Å²) in [5.41, 5.74) is 2.19. The second-order valence-corrected chi connectivity index (χ2v) is 4.88. The van der Waals surface area contributed by atoms with Crippen molar-refractivity contribution >= 4 is 5.91 Å². The zero-order valence-corrected chi connectivity index (χ0v) is 13.1. The Bertz CT molecular complexity index is 620. The predicted molar refractivity (Wildman–Crippen MR) is 83.7 cm³/mol. The van der Waals surface area contributed by atoms with Gasteiger partial charge in [0.25, 0.3) is 5.91 Å². The molecule has 1 aromatic carbocycles. The predicted octanol–water partition coefficient (Wildman–Crippen LogP) is 1.96. The lowest BCUT2D eigenvalue weighted by molar-refractivity contribution is 0.0943. The third-order valence-electron chi connectivity index (χ3n) is 3.25. The van der Waals surface area contributed by atoms with Crippen LogP contribution in [0.4, 0.5) is 0 Å². The summed E-state index contributed by atoms with van der Waals surface area (Å²) in [6, 6.07) is 9.30. The van der Waals surface area contributed by atoms with Gasteiger partial charge in [-0.2, -0.15) is 5.10 Å². The van der Waals surface area contributed by atoms with Gasteiger partial charge >= 0.3 is 0 Å². The third kappa shape index (κ3) is 3.85. The number of aryl methyl sites for hydroxylation is 1. The van der Waals surface area contributed by atoms with Crippen molar-refractivity contribution in [2.24, 2.45) is 0 Å². The molecule has 1 amide bonds. The molecule has 0 fully saturated rings. The molecule has 0 saturated heterocycles. The smallest absolute Gasteiger partial charge is 0.271 e. The fourth-order valence-electron chi connectivity index (χ4n) is 2.08. The van der Waals surface area contributed by atoms with Gasteiger partial charge in [-0.15, -0.1) is 0 Å². The van der Waals surface area contributed by atoms with Gasteiger partial charge in [-0.3, -0.25) is 4.79 Å². The number of carbonyl (C=O) groups is 1. The highest BCUT2D eigenvalue weighted by Gasteiger charge is 2.12. The Morgan fingerprint density at radius 2 is 2.00 bits per heavy atom. The number of benzene rings is 1. The van der Waals surface area contributed by atoms with Gasteiger partial charge < -0.3 is 14.8 Å². The highest BCUT2D eigenvalue weighted by molar-refractivity contribution is 5.92. The molecule has 0 unspecified atom stereocenters. The maximum Gasteiger partial charge on any atom is 0.271 e. The van der Waals surface area contributed by atoms with Crippen molar-refractivity contribution in [3.63, 3.8) is 0 Å². The summed E-state index contributed by atoms with van der Waals surface area (Å²) < 4.78 is 11.8. The van der Waals surface area contributed by atoms with Crippen LogP contribution in [-0.4, -0.2) is 43.1 Å². The summed E-state index contributed by atoms with van der Waals surface area (Å²) in [6.07, 6.45) is 0.778. The molecule has 6 heteroatoms. The molecular weight excluding hydrogens is 282 g/mol. The summed E-state index contributed by atoms with van der Waals surface area (Å²) >= 11 is 0. The normalized spacial score (nSPS) is 10.5. The van der Waals surface area contributed by atoms with Crippen LogP contribution in [0, 0.1) is 6.92 Å². The van der Waals surface area contributed by atoms with E-state index in [1.165, 1.54) is 0 Å². The van der Waals surface area contributed by atoms with E-state index in [1.807, 2.05) is 31.2 Å². The molecule has 2 rings (SSSR count). The molecule has 0 atom stereocenters. The van der Waals surface area contributed by atoms with E-state index < -0.39 is 0 Å². The van der Waals surface area contributed by atoms with Gasteiger partial charge in [-0.05, 0) is 43.7 Å². The Hall–Kier alpha value is -2.34. The van der Waals surface area contributed by atoms with E-state index in [4.69, 9.17) is 9.47 Å². The molecule has 1 N–H and O–H groups in total. The zero-order chi connectivity index (χ0) is 15.9. The van der Waals surface area contributed by atoms with E-state index in [0.29, 0.717) is 18.8 Å². The molecule has 2 aromatic rings. The van der Waals surface area contributed by atoms with E-state index in [1.54, 1.807) is 25.0 Å². The Balaban J connectivity index is 2.08. The number of aromatic nitrogens is 2. The number of ether oxygens (including phenoxy) is 2. The van der Waals surface area contributed by atoms with E-state index in [0.717, 1.165) is 23.6 Å². The summed E-state index contributed by atoms with van der Waals surface area (Å²) in [5, 5.41) is 7.20. The first-order valence-electron chi connectivity index (χ1n) is 7.14. The van der Waals surface area contributed by atoms with E-state index in [2.05, 4.69) is 10.4 Å².